The molecule has 2 amide bonds. The summed E-state index contributed by atoms with van der Waals surface area (Å²) < 4.78 is 2.32. The van der Waals surface area contributed by atoms with Gasteiger partial charge < -0.3 is 11.1 Å². The van der Waals surface area contributed by atoms with Gasteiger partial charge in [-0.05, 0) is 65.9 Å². The van der Waals surface area contributed by atoms with Gasteiger partial charge in [0.2, 0.25) is 17.8 Å². The zero-order valence-corrected chi connectivity index (χ0v) is 20.5. The van der Waals surface area contributed by atoms with Crippen LogP contribution in [0.3, 0.4) is 0 Å². The summed E-state index contributed by atoms with van der Waals surface area (Å²) in [6.45, 7) is 1.89. The molecule has 5 rings (SSSR count). The van der Waals surface area contributed by atoms with Gasteiger partial charge in [-0.3, -0.25) is 14.5 Å². The van der Waals surface area contributed by atoms with Gasteiger partial charge in [-0.25, -0.2) is 9.67 Å². The number of likely N-dealkylation sites (tertiary alicyclic amines) is 1. The lowest BCUT2D eigenvalue weighted by molar-refractivity contribution is -0.139. The summed E-state index contributed by atoms with van der Waals surface area (Å²) in [4.78, 5) is 35.1. The van der Waals surface area contributed by atoms with Gasteiger partial charge in [0.15, 0.2) is 5.65 Å². The Morgan fingerprint density at radius 1 is 1.33 bits per heavy atom. The third-order valence-electron chi connectivity index (χ3n) is 6.62. The predicted octanol–water partition coefficient (Wildman–Crippen LogP) is 3.59. The second-order valence-electron chi connectivity index (χ2n) is 8.96. The molecule has 0 radical (unpaired) electrons. The zero-order chi connectivity index (χ0) is 23.5. The van der Waals surface area contributed by atoms with Gasteiger partial charge in [-0.1, -0.05) is 11.6 Å². The molecule has 2 aliphatic rings. The highest BCUT2D eigenvalue weighted by Gasteiger charge is 2.53. The average Bonchev–Trinajstić information content (AvgIpc) is 3.39. The van der Waals surface area contributed by atoms with E-state index >= 15 is 0 Å². The second kappa shape index (κ2) is 8.03. The summed E-state index contributed by atoms with van der Waals surface area (Å²) >= 11 is 9.82. The molecular weight excluding hydrogens is 510 g/mol. The van der Waals surface area contributed by atoms with Crippen LogP contribution >= 0.6 is 27.5 Å². The molecule has 33 heavy (non-hydrogen) atoms. The monoisotopic (exact) mass is 531 g/mol. The van der Waals surface area contributed by atoms with Crippen LogP contribution in [0.4, 0.5) is 5.95 Å². The van der Waals surface area contributed by atoms with Gasteiger partial charge in [0.05, 0.1) is 16.5 Å². The Morgan fingerprint density at radius 2 is 2.12 bits per heavy atom. The molecule has 2 fully saturated rings. The molecule has 3 atom stereocenters. The van der Waals surface area contributed by atoms with Gasteiger partial charge in [-0.15, -0.1) is 0 Å². The van der Waals surface area contributed by atoms with Gasteiger partial charge in [0.25, 0.3) is 0 Å². The highest BCUT2D eigenvalue weighted by atomic mass is 79.9. The standard InChI is InChI=1S/C22H23BrClN7O2/c1-11(25)12-5-13(24)7-15(6-12)31-19-16(18(23)29-31)10-26-21(28-19)27-14-3-4-22(8-14)9-17(32)30(2)20(22)33/h5-7,10-11,14H,3-4,8-9,25H2,1-2H3,(H,26,27,28)/t11-,14+,22?/m0/s1. The van der Waals surface area contributed by atoms with E-state index < -0.39 is 5.41 Å². The van der Waals surface area contributed by atoms with Crippen LogP contribution < -0.4 is 11.1 Å². The molecular formula is C22H23BrClN7O2. The maximum atomic E-state index is 12.6. The van der Waals surface area contributed by atoms with Crippen molar-refractivity contribution in [2.45, 2.75) is 44.7 Å². The molecule has 9 nitrogen and oxygen atoms in total. The number of nitrogens with two attached hydrogens (primary N) is 1. The van der Waals surface area contributed by atoms with Crippen molar-refractivity contribution < 1.29 is 9.59 Å². The van der Waals surface area contributed by atoms with E-state index in [2.05, 4.69) is 31.3 Å². The number of carbonyl (C=O) groups excluding carboxylic acids is 2. The number of fused-ring (bicyclic) bond motifs is 1. The third-order valence-corrected chi connectivity index (χ3v) is 7.42. The highest BCUT2D eigenvalue weighted by Crippen LogP contribution is 2.47. The Kier molecular flexibility index (Phi) is 5.42. The van der Waals surface area contributed by atoms with Gasteiger partial charge in [-0.2, -0.15) is 10.1 Å². The molecule has 1 spiro atoms. The van der Waals surface area contributed by atoms with Crippen LogP contribution in [-0.4, -0.2) is 49.6 Å². The molecule has 1 saturated heterocycles. The first-order chi connectivity index (χ1) is 15.7. The summed E-state index contributed by atoms with van der Waals surface area (Å²) in [7, 11) is 1.56. The smallest absolute Gasteiger partial charge is 0.235 e. The molecule has 1 unspecified atom stereocenters. The van der Waals surface area contributed by atoms with Crippen LogP contribution in [0.1, 0.15) is 44.2 Å². The topological polar surface area (TPSA) is 119 Å². The zero-order valence-electron chi connectivity index (χ0n) is 18.2. The van der Waals surface area contributed by atoms with Crippen molar-refractivity contribution in [3.8, 4) is 5.69 Å². The second-order valence-corrected chi connectivity index (χ2v) is 10.2. The third kappa shape index (κ3) is 3.79. The number of amides is 2. The van der Waals surface area contributed by atoms with E-state index in [-0.39, 0.29) is 30.3 Å². The molecule has 1 aliphatic heterocycles. The number of rotatable bonds is 4. The molecule has 1 aliphatic carbocycles. The first-order valence-corrected chi connectivity index (χ1v) is 11.9. The first-order valence-electron chi connectivity index (χ1n) is 10.7. The number of benzene rings is 1. The summed E-state index contributed by atoms with van der Waals surface area (Å²) in [5, 5.41) is 9.24. The Morgan fingerprint density at radius 3 is 2.82 bits per heavy atom. The van der Waals surface area contributed by atoms with Crippen molar-refractivity contribution in [2.75, 3.05) is 12.4 Å². The lowest BCUT2D eigenvalue weighted by atomic mass is 9.84. The summed E-state index contributed by atoms with van der Waals surface area (Å²) in [5.74, 6) is 0.249. The van der Waals surface area contributed by atoms with Crippen LogP contribution in [0.2, 0.25) is 5.02 Å². The maximum absolute atomic E-state index is 12.6. The number of nitrogens with zero attached hydrogens (tertiary/aromatic N) is 5. The molecule has 0 bridgehead atoms. The van der Waals surface area contributed by atoms with Crippen molar-refractivity contribution in [3.63, 3.8) is 0 Å². The number of imide groups is 1. The number of hydrogen-bond donors (Lipinski definition) is 2. The normalized spacial score (nSPS) is 23.8. The number of halogens is 2. The van der Waals surface area contributed by atoms with Gasteiger partial charge in [0.1, 0.15) is 4.60 Å². The van der Waals surface area contributed by atoms with Crippen LogP contribution in [0.5, 0.6) is 0 Å². The quantitative estimate of drug-likeness (QED) is 0.493. The van der Waals surface area contributed by atoms with Crippen molar-refractivity contribution in [1.82, 2.24) is 24.6 Å². The summed E-state index contributed by atoms with van der Waals surface area (Å²) in [6, 6.07) is 5.40. The lowest BCUT2D eigenvalue weighted by Gasteiger charge is -2.20. The fourth-order valence-corrected chi connectivity index (χ4v) is 5.52. The minimum atomic E-state index is -0.603. The minimum absolute atomic E-state index is 0.00127. The van der Waals surface area contributed by atoms with E-state index in [9.17, 15) is 9.59 Å². The Hall–Kier alpha value is -2.56. The van der Waals surface area contributed by atoms with Crippen molar-refractivity contribution in [1.29, 1.82) is 0 Å². The van der Waals surface area contributed by atoms with E-state index in [4.69, 9.17) is 22.3 Å². The van der Waals surface area contributed by atoms with E-state index in [1.54, 1.807) is 17.9 Å². The number of anilines is 1. The fourth-order valence-electron chi connectivity index (χ4n) is 4.84. The Labute approximate surface area is 203 Å². The van der Waals surface area contributed by atoms with Crippen molar-refractivity contribution >= 4 is 56.3 Å². The van der Waals surface area contributed by atoms with Crippen LogP contribution in [0.25, 0.3) is 16.7 Å². The largest absolute Gasteiger partial charge is 0.351 e. The van der Waals surface area contributed by atoms with Gasteiger partial charge >= 0.3 is 0 Å². The number of aromatic nitrogens is 4. The molecule has 3 heterocycles. The number of carbonyl (C=O) groups is 2. The predicted molar refractivity (Wildman–Crippen MR) is 128 cm³/mol. The molecule has 11 heteroatoms. The summed E-state index contributed by atoms with van der Waals surface area (Å²) in [6.07, 6.45) is 4.00. The van der Waals surface area contributed by atoms with E-state index in [0.29, 0.717) is 34.1 Å². The fraction of sp³-hybridized carbons (Fsp3) is 0.409. The lowest BCUT2D eigenvalue weighted by Crippen LogP contribution is -2.32. The maximum Gasteiger partial charge on any atom is 0.235 e. The SMILES string of the molecule is C[C@H](N)c1cc(Cl)cc(-n2nc(Br)c3cnc(N[C@@H]4CCC5(CC(=O)N(C)C5=O)C4)nc32)c1. The Balaban J connectivity index is 1.45. The molecule has 1 aromatic carbocycles. The highest BCUT2D eigenvalue weighted by molar-refractivity contribution is 9.10. The van der Waals surface area contributed by atoms with E-state index in [1.165, 1.54) is 4.90 Å². The summed E-state index contributed by atoms with van der Waals surface area (Å²) in [5.41, 5.74) is 7.70. The van der Waals surface area contributed by atoms with E-state index in [0.717, 1.165) is 23.1 Å². The minimum Gasteiger partial charge on any atom is -0.351 e. The van der Waals surface area contributed by atoms with Gasteiger partial charge in [0, 0.05) is 36.8 Å². The Bertz CT molecular complexity index is 1290. The van der Waals surface area contributed by atoms with Crippen LogP contribution in [0.15, 0.2) is 29.0 Å². The molecule has 1 saturated carbocycles. The first kappa shape index (κ1) is 22.2. The average molecular weight is 533 g/mol. The number of hydrogen-bond acceptors (Lipinski definition) is 7. The van der Waals surface area contributed by atoms with Crippen LogP contribution in [0, 0.1) is 5.41 Å². The van der Waals surface area contributed by atoms with Crippen molar-refractivity contribution in [2.24, 2.45) is 11.1 Å². The molecule has 3 N–H and O–H groups in total. The number of nitrogens with one attached hydrogen (secondary N) is 1. The van der Waals surface area contributed by atoms with Crippen molar-refractivity contribution in [3.05, 3.63) is 39.6 Å². The molecule has 172 valence electrons. The molecule has 2 aromatic heterocycles. The molecule has 3 aromatic rings. The van der Waals surface area contributed by atoms with Crippen LogP contribution in [-0.2, 0) is 9.59 Å². The van der Waals surface area contributed by atoms with E-state index in [1.807, 2.05) is 25.1 Å².